The van der Waals surface area contributed by atoms with Crippen LogP contribution < -0.4 is 11.1 Å². The van der Waals surface area contributed by atoms with Crippen molar-refractivity contribution < 1.29 is 17.9 Å². The van der Waals surface area contributed by atoms with Gasteiger partial charge in [0.25, 0.3) is 0 Å². The number of alkyl halides is 2. The number of nitrogen functional groups attached to an aromatic ring is 1. The summed E-state index contributed by atoms with van der Waals surface area (Å²) in [7, 11) is 0. The fourth-order valence-corrected chi connectivity index (χ4v) is 4.76. The van der Waals surface area contributed by atoms with Crippen LogP contribution in [0.25, 0.3) is 16.8 Å². The molecule has 9 nitrogen and oxygen atoms in total. The minimum atomic E-state index is -2.12. The summed E-state index contributed by atoms with van der Waals surface area (Å²) in [6, 6.07) is 3.82. The van der Waals surface area contributed by atoms with Crippen LogP contribution in [0.1, 0.15) is 52.7 Å². The van der Waals surface area contributed by atoms with Crippen molar-refractivity contribution in [3.63, 3.8) is 0 Å². The monoisotopic (exact) mass is 546 g/mol. The van der Waals surface area contributed by atoms with Crippen molar-refractivity contribution in [2.75, 3.05) is 37.4 Å². The van der Waals surface area contributed by atoms with Crippen molar-refractivity contribution in [2.24, 2.45) is 4.99 Å². The van der Waals surface area contributed by atoms with Gasteiger partial charge in [-0.15, -0.1) is 5.10 Å². The summed E-state index contributed by atoms with van der Waals surface area (Å²) in [6.45, 7) is 13.0. The van der Waals surface area contributed by atoms with Crippen LogP contribution in [0.3, 0.4) is 0 Å². The molecule has 0 aliphatic carbocycles. The molecule has 39 heavy (non-hydrogen) atoms. The molecule has 2 aliphatic rings. The van der Waals surface area contributed by atoms with Gasteiger partial charge in [-0.25, -0.2) is 17.7 Å². The number of hydrogen-bond acceptors (Lipinski definition) is 8. The molecule has 3 aromatic heterocycles. The van der Waals surface area contributed by atoms with E-state index >= 15 is 4.39 Å². The average Bonchev–Trinajstić information content (AvgIpc) is 3.20. The minimum Gasteiger partial charge on any atom is -0.382 e. The molecule has 5 heterocycles. The molecule has 0 aromatic carbocycles. The number of anilines is 2. The van der Waals surface area contributed by atoms with Crippen LogP contribution in [0, 0.1) is 12.7 Å². The number of aromatic nitrogens is 4. The predicted octanol–water partition coefficient (Wildman–Crippen LogP) is 5.26. The lowest BCUT2D eigenvalue weighted by atomic mass is 9.93. The molecule has 2 fully saturated rings. The summed E-state index contributed by atoms with van der Waals surface area (Å²) < 4.78 is 43.4. The van der Waals surface area contributed by atoms with Crippen molar-refractivity contribution >= 4 is 28.7 Å². The first kappa shape index (κ1) is 28.8. The number of aryl methyl sites for hydroxylation is 1. The first-order valence-electron chi connectivity index (χ1n) is 13.2. The van der Waals surface area contributed by atoms with E-state index in [-0.39, 0.29) is 23.8 Å². The van der Waals surface area contributed by atoms with E-state index in [9.17, 15) is 8.78 Å². The van der Waals surface area contributed by atoms with Gasteiger partial charge < -0.3 is 15.8 Å². The first-order valence-corrected chi connectivity index (χ1v) is 13.2. The standard InChI is InChI=1S/C24H31FN8O.C3H6F2/c1-14(2)27-18-5-6-19(28-15(18)3)20-17(25)11-33-21(20)22(26)30-23(31-33)29-16-7-9-32(10-8-16)24(4)12-34-13-24;1-2-3(4)5/h5-6,11,16H,7-10,12-13H2,1-4H3,(H3,26,29,30,31);3H,2H2,1H3. The van der Waals surface area contributed by atoms with E-state index in [4.69, 9.17) is 10.5 Å². The van der Waals surface area contributed by atoms with E-state index in [0.29, 0.717) is 28.4 Å². The van der Waals surface area contributed by atoms with Gasteiger partial charge in [-0.05, 0) is 52.7 Å². The molecule has 2 aliphatic heterocycles. The summed E-state index contributed by atoms with van der Waals surface area (Å²) in [5.41, 5.74) is 10.0. The van der Waals surface area contributed by atoms with Crippen molar-refractivity contribution in [3.05, 3.63) is 29.8 Å². The zero-order valence-electron chi connectivity index (χ0n) is 23.1. The number of ether oxygens (including phenoxy) is 1. The second kappa shape index (κ2) is 11.9. The molecule has 3 N–H and O–H groups in total. The second-order valence-electron chi connectivity index (χ2n) is 10.5. The van der Waals surface area contributed by atoms with E-state index in [1.165, 1.54) is 17.6 Å². The number of nitrogens with two attached hydrogens (primary N) is 1. The SMILES string of the molecule is CC(C)=Nc1ccc(-c2c(F)cn3nc(NC4CCN(C5(C)COC5)CC4)nc(N)c23)nc1C.CCC(F)F. The highest BCUT2D eigenvalue weighted by molar-refractivity contribution is 5.88. The van der Waals surface area contributed by atoms with E-state index in [1.54, 1.807) is 6.07 Å². The Labute approximate surface area is 226 Å². The van der Waals surface area contributed by atoms with Gasteiger partial charge in [0.15, 0.2) is 11.6 Å². The largest absolute Gasteiger partial charge is 0.382 e. The highest BCUT2D eigenvalue weighted by Crippen LogP contribution is 2.33. The molecule has 2 saturated heterocycles. The Kier molecular flexibility index (Phi) is 8.75. The van der Waals surface area contributed by atoms with Crippen molar-refractivity contribution in [3.8, 4) is 11.3 Å². The number of aliphatic imine (C=N–C) groups is 1. The number of likely N-dealkylation sites (tertiary alicyclic amines) is 1. The third kappa shape index (κ3) is 6.50. The molecule has 212 valence electrons. The van der Waals surface area contributed by atoms with Gasteiger partial charge in [0.2, 0.25) is 12.4 Å². The minimum absolute atomic E-state index is 0.0278. The Morgan fingerprint density at radius 3 is 2.44 bits per heavy atom. The van der Waals surface area contributed by atoms with Crippen molar-refractivity contribution in [1.82, 2.24) is 24.5 Å². The Balaban J connectivity index is 0.000000648. The third-order valence-corrected chi connectivity index (χ3v) is 7.00. The molecular weight excluding hydrogens is 509 g/mol. The maximum atomic E-state index is 15.0. The molecule has 0 atom stereocenters. The van der Waals surface area contributed by atoms with Gasteiger partial charge in [0, 0.05) is 31.3 Å². The number of halogens is 3. The number of fused-ring (bicyclic) bond motifs is 1. The van der Waals surface area contributed by atoms with Crippen molar-refractivity contribution in [2.45, 2.75) is 71.9 Å². The predicted molar refractivity (Wildman–Crippen MR) is 148 cm³/mol. The van der Waals surface area contributed by atoms with E-state index in [0.717, 1.165) is 50.5 Å². The third-order valence-electron chi connectivity index (χ3n) is 7.00. The summed E-state index contributed by atoms with van der Waals surface area (Å²) in [5.74, 6) is 0.159. The summed E-state index contributed by atoms with van der Waals surface area (Å²) >= 11 is 0. The average molecular weight is 547 g/mol. The Bertz CT molecular complexity index is 1330. The van der Waals surface area contributed by atoms with Crippen LogP contribution in [0.5, 0.6) is 0 Å². The summed E-state index contributed by atoms with van der Waals surface area (Å²) in [5, 5.41) is 7.89. The number of nitrogens with zero attached hydrogens (tertiary/aromatic N) is 6. The van der Waals surface area contributed by atoms with Crippen molar-refractivity contribution in [1.29, 1.82) is 0 Å². The van der Waals surface area contributed by atoms with E-state index in [1.807, 2.05) is 26.8 Å². The van der Waals surface area contributed by atoms with Crippen LogP contribution in [0.2, 0.25) is 0 Å². The number of rotatable bonds is 6. The fourth-order valence-electron chi connectivity index (χ4n) is 4.76. The molecule has 0 radical (unpaired) electrons. The lowest BCUT2D eigenvalue weighted by Gasteiger charge is -2.49. The highest BCUT2D eigenvalue weighted by Gasteiger charge is 2.40. The van der Waals surface area contributed by atoms with E-state index in [2.05, 4.69) is 37.2 Å². The van der Waals surface area contributed by atoms with Crippen LogP contribution >= 0.6 is 0 Å². The second-order valence-corrected chi connectivity index (χ2v) is 10.5. The molecular formula is C27H37F3N8O. The van der Waals surface area contributed by atoms with Gasteiger partial charge in [-0.2, -0.15) is 4.98 Å². The summed E-state index contributed by atoms with van der Waals surface area (Å²) in [6.07, 6.45) is 1.12. The van der Waals surface area contributed by atoms with Gasteiger partial charge in [-0.3, -0.25) is 14.9 Å². The van der Waals surface area contributed by atoms with Crippen LogP contribution in [0.15, 0.2) is 23.3 Å². The number of nitrogens with one attached hydrogen (secondary N) is 1. The van der Waals surface area contributed by atoms with Gasteiger partial charge in [0.1, 0.15) is 5.52 Å². The molecule has 3 aromatic rings. The Hall–Kier alpha value is -3.25. The Morgan fingerprint density at radius 2 is 1.90 bits per heavy atom. The molecule has 0 bridgehead atoms. The molecule has 0 spiro atoms. The van der Waals surface area contributed by atoms with Crippen LogP contribution in [-0.2, 0) is 4.74 Å². The zero-order valence-corrected chi connectivity index (χ0v) is 23.1. The first-order chi connectivity index (χ1) is 18.5. The van der Waals surface area contributed by atoms with Crippen LogP contribution in [0.4, 0.5) is 30.6 Å². The number of pyridine rings is 1. The topological polar surface area (TPSA) is 106 Å². The normalized spacial score (nSPS) is 17.5. The quantitative estimate of drug-likeness (QED) is 0.406. The molecule has 0 unspecified atom stereocenters. The Morgan fingerprint density at radius 1 is 1.23 bits per heavy atom. The van der Waals surface area contributed by atoms with E-state index < -0.39 is 12.2 Å². The molecule has 12 heteroatoms. The smallest absolute Gasteiger partial charge is 0.243 e. The maximum absolute atomic E-state index is 15.0. The fraction of sp³-hybridized carbons (Fsp3) is 0.556. The number of piperidine rings is 1. The summed E-state index contributed by atoms with van der Waals surface area (Å²) in [4.78, 5) is 16.0. The molecule has 0 amide bonds. The number of hydrogen-bond donors (Lipinski definition) is 2. The molecule has 0 saturated carbocycles. The maximum Gasteiger partial charge on any atom is 0.243 e. The van der Waals surface area contributed by atoms with Gasteiger partial charge in [-0.1, -0.05) is 6.92 Å². The molecule has 5 rings (SSSR count). The zero-order chi connectivity index (χ0) is 28.3. The lowest BCUT2D eigenvalue weighted by Crippen LogP contribution is -2.62. The van der Waals surface area contributed by atoms with Crippen LogP contribution in [-0.4, -0.2) is 74.5 Å². The van der Waals surface area contributed by atoms with Gasteiger partial charge in [0.05, 0.1) is 47.6 Å². The highest BCUT2D eigenvalue weighted by atomic mass is 19.3. The lowest BCUT2D eigenvalue weighted by molar-refractivity contribution is -0.135. The van der Waals surface area contributed by atoms with Gasteiger partial charge >= 0.3 is 0 Å².